The van der Waals surface area contributed by atoms with E-state index in [0.717, 1.165) is 33.5 Å². The monoisotopic (exact) mass is 674 g/mol. The van der Waals surface area contributed by atoms with Gasteiger partial charge in [0.15, 0.2) is 5.82 Å². The summed E-state index contributed by atoms with van der Waals surface area (Å²) < 4.78 is 0. The molecule has 0 amide bonds. The fourth-order valence-electron chi connectivity index (χ4n) is 8.53. The number of hydrogen-bond acceptors (Lipinski definition) is 2. The van der Waals surface area contributed by atoms with Crippen LogP contribution in [0.4, 0.5) is 0 Å². The fourth-order valence-corrected chi connectivity index (χ4v) is 8.53. The van der Waals surface area contributed by atoms with Crippen LogP contribution in [0.5, 0.6) is 0 Å². The van der Waals surface area contributed by atoms with E-state index in [1.807, 2.05) is 24.3 Å². The van der Waals surface area contributed by atoms with Gasteiger partial charge >= 0.3 is 0 Å². The SMILES string of the molecule is c1ccc(-c2cc(-c3ccc(-c4cccc5c4-c4ccccc4C5(c4ccccc4)c4ccccc4)c4ccccc34)nc(-c3ccccc3)n2)cc1. The van der Waals surface area contributed by atoms with E-state index in [1.54, 1.807) is 0 Å². The maximum Gasteiger partial charge on any atom is 0.160 e. The summed E-state index contributed by atoms with van der Waals surface area (Å²) in [7, 11) is 0. The molecule has 2 nitrogen and oxygen atoms in total. The molecule has 1 aliphatic rings. The van der Waals surface area contributed by atoms with Crippen LogP contribution in [-0.4, -0.2) is 9.97 Å². The first-order chi connectivity index (χ1) is 26.3. The van der Waals surface area contributed by atoms with Crippen LogP contribution < -0.4 is 0 Å². The van der Waals surface area contributed by atoms with E-state index in [4.69, 9.17) is 9.97 Å². The van der Waals surface area contributed by atoms with Gasteiger partial charge in [-0.05, 0) is 61.3 Å². The van der Waals surface area contributed by atoms with Crippen molar-refractivity contribution in [3.05, 3.63) is 229 Å². The van der Waals surface area contributed by atoms with E-state index in [-0.39, 0.29) is 0 Å². The van der Waals surface area contributed by atoms with Crippen molar-refractivity contribution in [3.63, 3.8) is 0 Å². The second kappa shape index (κ2) is 12.7. The molecule has 53 heavy (non-hydrogen) atoms. The Labute approximate surface area is 309 Å². The Hall–Kier alpha value is -6.90. The summed E-state index contributed by atoms with van der Waals surface area (Å²) in [5, 5.41) is 2.34. The summed E-state index contributed by atoms with van der Waals surface area (Å²) in [5.74, 6) is 0.714. The second-order valence-electron chi connectivity index (χ2n) is 13.7. The predicted molar refractivity (Wildman–Crippen MR) is 219 cm³/mol. The third-order valence-electron chi connectivity index (χ3n) is 10.8. The highest BCUT2D eigenvalue weighted by atomic mass is 14.9. The van der Waals surface area contributed by atoms with Gasteiger partial charge in [0.1, 0.15) is 0 Å². The summed E-state index contributed by atoms with van der Waals surface area (Å²) in [4.78, 5) is 10.3. The van der Waals surface area contributed by atoms with Crippen molar-refractivity contribution in [1.82, 2.24) is 9.97 Å². The van der Waals surface area contributed by atoms with Gasteiger partial charge in [-0.25, -0.2) is 9.97 Å². The maximum atomic E-state index is 5.21. The van der Waals surface area contributed by atoms with E-state index in [0.29, 0.717) is 5.82 Å². The van der Waals surface area contributed by atoms with E-state index in [2.05, 4.69) is 182 Å². The summed E-state index contributed by atoms with van der Waals surface area (Å²) in [6, 6.07) is 74.0. The Morgan fingerprint density at radius 2 is 0.811 bits per heavy atom. The molecule has 8 aromatic carbocycles. The zero-order valence-electron chi connectivity index (χ0n) is 29.0. The lowest BCUT2D eigenvalue weighted by atomic mass is 9.67. The first kappa shape index (κ1) is 30.9. The molecule has 248 valence electrons. The minimum absolute atomic E-state index is 0.456. The van der Waals surface area contributed by atoms with Crippen LogP contribution in [0.3, 0.4) is 0 Å². The van der Waals surface area contributed by atoms with Crippen molar-refractivity contribution in [1.29, 1.82) is 0 Å². The summed E-state index contributed by atoms with van der Waals surface area (Å²) in [6.07, 6.45) is 0. The van der Waals surface area contributed by atoms with Crippen LogP contribution in [-0.2, 0) is 5.41 Å². The molecule has 1 heterocycles. The van der Waals surface area contributed by atoms with Gasteiger partial charge in [-0.1, -0.05) is 200 Å². The minimum atomic E-state index is -0.456. The molecule has 0 radical (unpaired) electrons. The van der Waals surface area contributed by atoms with Crippen molar-refractivity contribution in [2.24, 2.45) is 0 Å². The van der Waals surface area contributed by atoms with Gasteiger partial charge in [0.05, 0.1) is 16.8 Å². The van der Waals surface area contributed by atoms with Gasteiger partial charge in [-0.15, -0.1) is 0 Å². The second-order valence-corrected chi connectivity index (χ2v) is 13.7. The highest BCUT2D eigenvalue weighted by Gasteiger charge is 2.46. The Balaban J connectivity index is 1.22. The van der Waals surface area contributed by atoms with Crippen molar-refractivity contribution in [2.75, 3.05) is 0 Å². The first-order valence-corrected chi connectivity index (χ1v) is 18.2. The van der Waals surface area contributed by atoms with E-state index >= 15 is 0 Å². The van der Waals surface area contributed by atoms with E-state index < -0.39 is 5.41 Å². The molecule has 0 bridgehead atoms. The molecule has 0 atom stereocenters. The Morgan fingerprint density at radius 3 is 1.49 bits per heavy atom. The number of fused-ring (bicyclic) bond motifs is 4. The molecule has 0 spiro atoms. The number of aromatic nitrogens is 2. The zero-order valence-corrected chi connectivity index (χ0v) is 29.0. The van der Waals surface area contributed by atoms with Crippen LogP contribution >= 0.6 is 0 Å². The van der Waals surface area contributed by atoms with Gasteiger partial charge in [0, 0.05) is 16.7 Å². The van der Waals surface area contributed by atoms with Crippen LogP contribution in [0, 0.1) is 0 Å². The zero-order chi connectivity index (χ0) is 35.2. The minimum Gasteiger partial charge on any atom is -0.228 e. The van der Waals surface area contributed by atoms with E-state index in [9.17, 15) is 0 Å². The third kappa shape index (κ3) is 4.95. The van der Waals surface area contributed by atoms with Crippen LogP contribution in [0.2, 0.25) is 0 Å². The topological polar surface area (TPSA) is 25.8 Å². The normalized spacial score (nSPS) is 12.7. The summed E-state index contributed by atoms with van der Waals surface area (Å²) in [6.45, 7) is 0. The molecular weight excluding hydrogens is 641 g/mol. The molecule has 9 aromatic rings. The average molecular weight is 675 g/mol. The summed E-state index contributed by atoms with van der Waals surface area (Å²) in [5.41, 5.74) is 14.6. The number of benzene rings is 8. The quantitative estimate of drug-likeness (QED) is 0.175. The lowest BCUT2D eigenvalue weighted by Gasteiger charge is -2.34. The van der Waals surface area contributed by atoms with Crippen molar-refractivity contribution < 1.29 is 0 Å². The lowest BCUT2D eigenvalue weighted by Crippen LogP contribution is -2.28. The van der Waals surface area contributed by atoms with E-state index in [1.165, 1.54) is 49.9 Å². The molecule has 1 aromatic heterocycles. The van der Waals surface area contributed by atoms with Gasteiger partial charge < -0.3 is 0 Å². The number of nitrogens with zero attached hydrogens (tertiary/aromatic N) is 2. The molecule has 0 saturated carbocycles. The number of hydrogen-bond donors (Lipinski definition) is 0. The molecule has 1 aliphatic carbocycles. The number of rotatable bonds is 6. The van der Waals surface area contributed by atoms with Crippen LogP contribution in [0.25, 0.3) is 66.9 Å². The molecule has 0 saturated heterocycles. The molecule has 0 fully saturated rings. The molecule has 0 aliphatic heterocycles. The Kier molecular flexibility index (Phi) is 7.40. The Bertz CT molecular complexity index is 2660. The molecular formula is C51H34N2. The van der Waals surface area contributed by atoms with Crippen LogP contribution in [0.15, 0.2) is 206 Å². The Morgan fingerprint density at radius 1 is 0.321 bits per heavy atom. The van der Waals surface area contributed by atoms with Crippen LogP contribution in [0.1, 0.15) is 22.3 Å². The fraction of sp³-hybridized carbons (Fsp3) is 0.0196. The highest BCUT2D eigenvalue weighted by molar-refractivity contribution is 6.08. The average Bonchev–Trinajstić information content (AvgIpc) is 3.56. The first-order valence-electron chi connectivity index (χ1n) is 18.2. The lowest BCUT2D eigenvalue weighted by molar-refractivity contribution is 0.768. The largest absolute Gasteiger partial charge is 0.228 e. The van der Waals surface area contributed by atoms with Crippen molar-refractivity contribution in [2.45, 2.75) is 5.41 Å². The molecule has 2 heteroatoms. The molecule has 0 N–H and O–H groups in total. The molecule has 0 unspecified atom stereocenters. The predicted octanol–water partition coefficient (Wildman–Crippen LogP) is 12.7. The van der Waals surface area contributed by atoms with Gasteiger partial charge in [-0.3, -0.25) is 0 Å². The van der Waals surface area contributed by atoms with Gasteiger partial charge in [0.25, 0.3) is 0 Å². The van der Waals surface area contributed by atoms with Gasteiger partial charge in [0.2, 0.25) is 0 Å². The molecule has 10 rings (SSSR count). The standard InChI is InChI=1S/C51H34N2/c1-5-18-35(19-6-1)47-34-48(53-50(52-47)36-20-7-2-8-21-36)42-33-32-41(39-26-13-14-27-40(39)42)43-29-17-31-46-49(43)44-28-15-16-30-45(44)51(46,37-22-9-3-10-23-37)38-24-11-4-12-25-38/h1-34H. The van der Waals surface area contributed by atoms with Gasteiger partial charge in [-0.2, -0.15) is 0 Å². The highest BCUT2D eigenvalue weighted by Crippen LogP contribution is 2.58. The maximum absolute atomic E-state index is 5.21. The summed E-state index contributed by atoms with van der Waals surface area (Å²) >= 11 is 0. The van der Waals surface area contributed by atoms with Crippen molar-refractivity contribution in [3.8, 4) is 56.2 Å². The third-order valence-corrected chi connectivity index (χ3v) is 10.8. The smallest absolute Gasteiger partial charge is 0.160 e. The van der Waals surface area contributed by atoms with Crippen molar-refractivity contribution >= 4 is 10.8 Å².